The number of hydrogen-bond acceptors (Lipinski definition) is 10. The van der Waals surface area contributed by atoms with Crippen molar-refractivity contribution in [1.29, 1.82) is 0 Å². The molecule has 0 aliphatic carbocycles. The van der Waals surface area contributed by atoms with Crippen LogP contribution in [0.4, 0.5) is 14.6 Å². The van der Waals surface area contributed by atoms with Crippen molar-refractivity contribution in [2.75, 3.05) is 25.3 Å². The summed E-state index contributed by atoms with van der Waals surface area (Å²) in [5.74, 6) is -3.18. The minimum absolute atomic E-state index is 0.0696. The second-order valence-electron chi connectivity index (χ2n) is 7.95. The number of esters is 1. The number of rotatable bonds is 10. The van der Waals surface area contributed by atoms with Gasteiger partial charge < -0.3 is 24.8 Å². The first-order valence-corrected chi connectivity index (χ1v) is 13.4. The van der Waals surface area contributed by atoms with Gasteiger partial charge in [0.1, 0.15) is 23.5 Å². The zero-order valence-electron chi connectivity index (χ0n) is 19.3. The number of halogens is 4. The number of benzene rings is 1. The third-order valence-electron chi connectivity index (χ3n) is 5.33. The summed E-state index contributed by atoms with van der Waals surface area (Å²) in [6.07, 6.45) is -5.64. The summed E-state index contributed by atoms with van der Waals surface area (Å²) in [6.45, 7) is 0.483. The van der Waals surface area contributed by atoms with E-state index >= 15 is 4.39 Å². The van der Waals surface area contributed by atoms with E-state index < -0.39 is 73.7 Å². The lowest BCUT2D eigenvalue weighted by atomic mass is 9.99. The highest BCUT2D eigenvalue weighted by atomic mass is 79.9. The SMILES string of the molecule is COC(=O)[C@H](C)NP(=O)(OC[C@@]1(CCl)O[C@@H](n2cc(F)c(N)nc2=O)[C@@H](F)[C@@H]1O)Oc1ccc(Br)cc1. The second kappa shape index (κ2) is 11.7. The van der Waals surface area contributed by atoms with E-state index in [1.165, 1.54) is 19.1 Å². The summed E-state index contributed by atoms with van der Waals surface area (Å²) in [5.41, 5.74) is 2.02. The van der Waals surface area contributed by atoms with Gasteiger partial charge in [-0.25, -0.2) is 18.1 Å². The molecule has 204 valence electrons. The van der Waals surface area contributed by atoms with Crippen LogP contribution in [-0.4, -0.2) is 64.1 Å². The van der Waals surface area contributed by atoms with Gasteiger partial charge >= 0.3 is 19.4 Å². The molecule has 6 atom stereocenters. The number of nitrogens with two attached hydrogens (primary N) is 1. The molecule has 3 rings (SSSR count). The third kappa shape index (κ3) is 6.48. The molecule has 2 heterocycles. The lowest BCUT2D eigenvalue weighted by Crippen LogP contribution is -2.48. The first kappa shape index (κ1) is 29.4. The predicted octanol–water partition coefficient (Wildman–Crippen LogP) is 2.29. The molecule has 12 nitrogen and oxygen atoms in total. The molecular weight excluding hydrogens is 609 g/mol. The van der Waals surface area contributed by atoms with Gasteiger partial charge in [-0.2, -0.15) is 10.1 Å². The molecule has 1 aromatic heterocycles. The van der Waals surface area contributed by atoms with Gasteiger partial charge in [0.25, 0.3) is 0 Å². The number of aliphatic hydroxyl groups excluding tert-OH is 1. The molecule has 0 radical (unpaired) electrons. The average molecular weight is 632 g/mol. The average Bonchev–Trinajstić information content (AvgIpc) is 3.11. The lowest BCUT2D eigenvalue weighted by Gasteiger charge is -2.31. The van der Waals surface area contributed by atoms with E-state index in [0.29, 0.717) is 15.2 Å². The van der Waals surface area contributed by atoms with Crippen LogP contribution in [0.25, 0.3) is 0 Å². The van der Waals surface area contributed by atoms with Crippen LogP contribution in [0.1, 0.15) is 13.2 Å². The maximum atomic E-state index is 15.1. The van der Waals surface area contributed by atoms with Crippen LogP contribution in [0.3, 0.4) is 0 Å². The minimum atomic E-state index is -4.45. The fraction of sp³-hybridized carbons (Fsp3) is 0.450. The van der Waals surface area contributed by atoms with E-state index in [1.54, 1.807) is 12.1 Å². The number of methoxy groups -OCH3 is 1. The molecule has 17 heteroatoms. The molecule has 37 heavy (non-hydrogen) atoms. The molecule has 0 amide bonds. The van der Waals surface area contributed by atoms with Gasteiger partial charge in [0.2, 0.25) is 0 Å². The van der Waals surface area contributed by atoms with Crippen molar-refractivity contribution in [2.45, 2.75) is 37.1 Å². The van der Waals surface area contributed by atoms with E-state index in [4.69, 9.17) is 31.1 Å². The van der Waals surface area contributed by atoms with E-state index in [1.807, 2.05) is 0 Å². The molecule has 0 spiro atoms. The molecule has 1 saturated heterocycles. The Morgan fingerprint density at radius 3 is 2.70 bits per heavy atom. The van der Waals surface area contributed by atoms with Crippen molar-refractivity contribution in [3.63, 3.8) is 0 Å². The van der Waals surface area contributed by atoms with Gasteiger partial charge in [0.05, 0.1) is 25.8 Å². The van der Waals surface area contributed by atoms with Gasteiger partial charge in [-0.15, -0.1) is 11.6 Å². The Labute approximate surface area is 222 Å². The highest BCUT2D eigenvalue weighted by Crippen LogP contribution is 2.48. The van der Waals surface area contributed by atoms with Crippen molar-refractivity contribution >= 4 is 47.1 Å². The van der Waals surface area contributed by atoms with Crippen molar-refractivity contribution in [2.24, 2.45) is 0 Å². The maximum absolute atomic E-state index is 15.1. The van der Waals surface area contributed by atoms with Crippen LogP contribution in [-0.2, 0) is 23.4 Å². The van der Waals surface area contributed by atoms with Crippen molar-refractivity contribution in [1.82, 2.24) is 14.6 Å². The minimum Gasteiger partial charge on any atom is -0.468 e. The normalized spacial score (nSPS) is 25.9. The number of nitrogens with one attached hydrogen (secondary N) is 1. The standard InChI is InChI=1S/C20H23BrClF2N4O8P/c1-10(18(30)33-2)27-37(32,36-12-5-3-11(21)4-6-12)34-9-20(8-22)15(29)14(24)17(35-20)28-7-13(23)16(25)26-19(28)31/h3-7,10,14-15,17,29H,8-9H2,1-2H3,(H,27,32)(H2,25,26,31)/t10-,14-,15-,17+,20+,37?/m0/s1. The smallest absolute Gasteiger partial charge is 0.459 e. The zero-order valence-corrected chi connectivity index (χ0v) is 22.6. The van der Waals surface area contributed by atoms with Gasteiger partial charge in [-0.1, -0.05) is 15.9 Å². The van der Waals surface area contributed by atoms with Crippen molar-refractivity contribution < 1.29 is 41.8 Å². The summed E-state index contributed by atoms with van der Waals surface area (Å²) < 4.78 is 64.9. The first-order chi connectivity index (χ1) is 17.3. The summed E-state index contributed by atoms with van der Waals surface area (Å²) in [5, 5.41) is 13.0. The number of alkyl halides is 2. The lowest BCUT2D eigenvalue weighted by molar-refractivity contribution is -0.142. The Hall–Kier alpha value is -2.13. The topological polar surface area (TPSA) is 164 Å². The Morgan fingerprint density at radius 1 is 1.46 bits per heavy atom. The number of nitrogen functional groups attached to an aromatic ring is 1. The van der Waals surface area contributed by atoms with Crippen LogP contribution >= 0.6 is 35.3 Å². The molecule has 1 aliphatic rings. The molecule has 1 aromatic carbocycles. The zero-order chi connectivity index (χ0) is 27.5. The van der Waals surface area contributed by atoms with Crippen LogP contribution in [0.15, 0.2) is 39.7 Å². The Balaban J connectivity index is 1.89. The highest BCUT2D eigenvalue weighted by molar-refractivity contribution is 9.10. The fourth-order valence-corrected chi connectivity index (χ4v) is 5.44. The monoisotopic (exact) mass is 630 g/mol. The van der Waals surface area contributed by atoms with Gasteiger partial charge in [0, 0.05) is 4.47 Å². The van der Waals surface area contributed by atoms with Crippen molar-refractivity contribution in [3.05, 3.63) is 51.2 Å². The maximum Gasteiger partial charge on any atom is 0.459 e. The molecule has 1 unspecified atom stereocenters. The summed E-state index contributed by atoms with van der Waals surface area (Å²) in [4.78, 5) is 27.3. The molecule has 2 aromatic rings. The number of hydrogen-bond donors (Lipinski definition) is 3. The first-order valence-electron chi connectivity index (χ1n) is 10.5. The molecule has 1 fully saturated rings. The number of aliphatic hydroxyl groups is 1. The number of carbonyl (C=O) groups is 1. The van der Waals surface area contributed by atoms with E-state index in [2.05, 4.69) is 30.7 Å². The summed E-state index contributed by atoms with van der Waals surface area (Å²) >= 11 is 9.25. The van der Waals surface area contributed by atoms with Crippen molar-refractivity contribution in [3.8, 4) is 5.75 Å². The summed E-state index contributed by atoms with van der Waals surface area (Å²) in [6, 6.07) is 4.89. The number of aromatic nitrogens is 2. The van der Waals surface area contributed by atoms with E-state index in [9.17, 15) is 23.7 Å². The Bertz CT molecular complexity index is 1240. The molecule has 0 saturated carbocycles. The molecule has 1 aliphatic heterocycles. The quantitative estimate of drug-likeness (QED) is 0.200. The largest absolute Gasteiger partial charge is 0.468 e. The molecule has 4 N–H and O–H groups in total. The van der Waals surface area contributed by atoms with E-state index in [-0.39, 0.29) is 5.75 Å². The van der Waals surface area contributed by atoms with Gasteiger partial charge in [-0.05, 0) is 31.2 Å². The Kier molecular flexibility index (Phi) is 9.32. The predicted molar refractivity (Wildman–Crippen MR) is 130 cm³/mol. The van der Waals surface area contributed by atoms with Gasteiger partial charge in [-0.3, -0.25) is 13.9 Å². The summed E-state index contributed by atoms with van der Waals surface area (Å²) in [7, 11) is -3.33. The van der Waals surface area contributed by atoms with Gasteiger partial charge in [0.15, 0.2) is 24.0 Å². The van der Waals surface area contributed by atoms with Crippen LogP contribution in [0.2, 0.25) is 0 Å². The highest BCUT2D eigenvalue weighted by Gasteiger charge is 2.57. The third-order valence-corrected chi connectivity index (χ3v) is 7.93. The number of nitrogens with zero attached hydrogens (tertiary/aromatic N) is 2. The number of anilines is 1. The number of carbonyl (C=O) groups excluding carboxylic acids is 1. The van der Waals surface area contributed by atoms with E-state index in [0.717, 1.165) is 7.11 Å². The van der Waals surface area contributed by atoms with Crippen LogP contribution < -0.4 is 21.0 Å². The molecular formula is C20H23BrClF2N4O8P. The van der Waals surface area contributed by atoms with Crippen LogP contribution in [0.5, 0.6) is 5.75 Å². The van der Waals surface area contributed by atoms with Crippen LogP contribution in [0, 0.1) is 5.82 Å². The number of ether oxygens (including phenoxy) is 2. The fourth-order valence-electron chi connectivity index (χ4n) is 3.33. The second-order valence-corrected chi connectivity index (χ2v) is 10.8. The molecule has 0 bridgehead atoms. The Morgan fingerprint density at radius 2 is 2.11 bits per heavy atom.